The van der Waals surface area contributed by atoms with Crippen molar-refractivity contribution in [2.45, 2.75) is 25.9 Å². The summed E-state index contributed by atoms with van der Waals surface area (Å²) in [5.41, 5.74) is 7.18. The Kier molecular flexibility index (Phi) is 14.7. The molecule has 0 spiro atoms. The Morgan fingerprint density at radius 2 is 1.88 bits per heavy atom. The minimum Gasteiger partial charge on any atom is -0.489 e. The average molecular weight is 631 g/mol. The molecule has 41 heavy (non-hydrogen) atoms. The third-order valence-electron chi connectivity index (χ3n) is 6.02. The minimum absolute atomic E-state index is 0. The number of benzene rings is 2. The number of hydrogen-bond donors (Lipinski definition) is 4. The molecule has 0 unspecified atom stereocenters. The summed E-state index contributed by atoms with van der Waals surface area (Å²) >= 11 is 0. The van der Waals surface area contributed by atoms with Crippen LogP contribution in [0.3, 0.4) is 0 Å². The number of anilines is 1. The summed E-state index contributed by atoms with van der Waals surface area (Å²) in [6.45, 7) is 3.12. The number of nitrogens with one attached hydrogen (secondary N) is 3. The maximum Gasteiger partial charge on any atom is 0.323 e. The lowest BCUT2D eigenvalue weighted by Gasteiger charge is -2.27. The molecule has 1 aliphatic rings. The van der Waals surface area contributed by atoms with Crippen molar-refractivity contribution in [3.8, 4) is 5.75 Å². The number of carbonyl (C=O) groups excluding carboxylic acids is 2. The maximum absolute atomic E-state index is 13.4. The van der Waals surface area contributed by atoms with E-state index in [1.807, 2.05) is 0 Å². The first-order valence-corrected chi connectivity index (χ1v) is 14.3. The van der Waals surface area contributed by atoms with Crippen LogP contribution >= 0.6 is 24.8 Å². The molecule has 2 aromatic rings. The van der Waals surface area contributed by atoms with Crippen LogP contribution in [0.5, 0.6) is 5.75 Å². The standard InChI is InChI=1S/C27H35N5O6S.2ClH/c1-3-37-25(33)18-39(35,36)32(15-5-7-19-6-4-8-20(16-19)26(28)29)21-9-10-24(23(17-21)27(34)30-2)38-22-11-13-31-14-12-22;;/h4-10,16-17,22,31H,3,11-15,18H2,1-2H3,(H3,28,29)(H,30,34);2*1H/b7-5+;;. The van der Waals surface area contributed by atoms with E-state index in [9.17, 15) is 18.0 Å². The molecule has 0 saturated carbocycles. The molecule has 1 fully saturated rings. The second-order valence-corrected chi connectivity index (χ2v) is 10.8. The normalized spacial score (nSPS) is 13.4. The summed E-state index contributed by atoms with van der Waals surface area (Å²) in [4.78, 5) is 24.9. The second kappa shape index (κ2) is 16.8. The highest BCUT2D eigenvalue weighted by Gasteiger charge is 2.28. The summed E-state index contributed by atoms with van der Waals surface area (Å²) in [5.74, 6) is -1.91. The van der Waals surface area contributed by atoms with Crippen LogP contribution in [-0.4, -0.2) is 71.3 Å². The Hall–Kier alpha value is -3.32. The first kappa shape index (κ1) is 35.7. The first-order chi connectivity index (χ1) is 18.6. The Morgan fingerprint density at radius 3 is 2.51 bits per heavy atom. The van der Waals surface area contributed by atoms with E-state index in [0.717, 1.165) is 30.2 Å². The molecule has 5 N–H and O–H groups in total. The molecular weight excluding hydrogens is 593 g/mol. The number of halogens is 2. The first-order valence-electron chi connectivity index (χ1n) is 12.6. The second-order valence-electron chi connectivity index (χ2n) is 8.86. The van der Waals surface area contributed by atoms with Crippen LogP contribution in [0.15, 0.2) is 48.5 Å². The summed E-state index contributed by atoms with van der Waals surface area (Å²) < 4.78 is 38.8. The van der Waals surface area contributed by atoms with Crippen molar-refractivity contribution >= 4 is 64.3 Å². The molecule has 1 aliphatic heterocycles. The van der Waals surface area contributed by atoms with Crippen LogP contribution in [0, 0.1) is 5.41 Å². The maximum atomic E-state index is 13.4. The molecule has 3 rings (SSSR count). The third-order valence-corrected chi connectivity index (χ3v) is 7.66. The molecule has 1 saturated heterocycles. The Morgan fingerprint density at radius 1 is 1.17 bits per heavy atom. The molecule has 2 aromatic carbocycles. The highest BCUT2D eigenvalue weighted by atomic mass is 35.5. The lowest BCUT2D eigenvalue weighted by atomic mass is 10.1. The van der Waals surface area contributed by atoms with Crippen LogP contribution in [0.4, 0.5) is 5.69 Å². The van der Waals surface area contributed by atoms with Gasteiger partial charge in [0.1, 0.15) is 17.7 Å². The SMILES string of the molecule is CCOC(=O)CS(=O)(=O)N(C/C=C/c1cccc(C(=N)N)c1)c1ccc(OC2CCNCC2)c(C(=O)NC)c1.Cl.Cl. The van der Waals surface area contributed by atoms with Gasteiger partial charge in [-0.05, 0) is 62.7 Å². The van der Waals surface area contributed by atoms with Crippen molar-refractivity contribution in [2.24, 2.45) is 5.73 Å². The number of carbonyl (C=O) groups is 2. The Bertz CT molecular complexity index is 1330. The number of piperidine rings is 1. The summed E-state index contributed by atoms with van der Waals surface area (Å²) in [5, 5.41) is 13.5. The molecular formula is C27H37Cl2N5O6S. The average Bonchev–Trinajstić information content (AvgIpc) is 2.91. The van der Waals surface area contributed by atoms with E-state index in [4.69, 9.17) is 20.6 Å². The van der Waals surface area contributed by atoms with Crippen LogP contribution in [-0.2, 0) is 19.6 Å². The highest BCUT2D eigenvalue weighted by Crippen LogP contribution is 2.29. The van der Waals surface area contributed by atoms with Gasteiger partial charge in [-0.2, -0.15) is 0 Å². The van der Waals surface area contributed by atoms with Gasteiger partial charge in [0.2, 0.25) is 10.0 Å². The van der Waals surface area contributed by atoms with Gasteiger partial charge in [-0.15, -0.1) is 24.8 Å². The number of nitrogens with zero attached hydrogens (tertiary/aromatic N) is 1. The van der Waals surface area contributed by atoms with Gasteiger partial charge < -0.3 is 25.8 Å². The van der Waals surface area contributed by atoms with Gasteiger partial charge in [-0.25, -0.2) is 8.42 Å². The molecule has 0 bridgehead atoms. The summed E-state index contributed by atoms with van der Waals surface area (Å²) in [6.07, 6.45) is 4.79. The van der Waals surface area contributed by atoms with Gasteiger partial charge in [0.15, 0.2) is 5.75 Å². The van der Waals surface area contributed by atoms with Crippen molar-refractivity contribution in [3.63, 3.8) is 0 Å². The van der Waals surface area contributed by atoms with Crippen molar-refractivity contribution in [2.75, 3.05) is 43.3 Å². The number of rotatable bonds is 12. The van der Waals surface area contributed by atoms with E-state index in [2.05, 4.69) is 10.6 Å². The number of amides is 1. The fourth-order valence-electron chi connectivity index (χ4n) is 4.08. The zero-order valence-electron chi connectivity index (χ0n) is 22.9. The predicted octanol–water partition coefficient (Wildman–Crippen LogP) is 2.72. The van der Waals surface area contributed by atoms with E-state index in [1.165, 1.54) is 13.1 Å². The molecule has 1 heterocycles. The van der Waals surface area contributed by atoms with Gasteiger partial charge in [0.25, 0.3) is 5.91 Å². The number of sulfonamides is 1. The molecule has 0 aliphatic carbocycles. The monoisotopic (exact) mass is 629 g/mol. The zero-order valence-corrected chi connectivity index (χ0v) is 25.4. The minimum atomic E-state index is -4.19. The molecule has 226 valence electrons. The topological polar surface area (TPSA) is 164 Å². The fraction of sp³-hybridized carbons (Fsp3) is 0.370. The highest BCUT2D eigenvalue weighted by molar-refractivity contribution is 7.93. The molecule has 0 atom stereocenters. The van der Waals surface area contributed by atoms with E-state index in [-0.39, 0.29) is 61.2 Å². The quantitative estimate of drug-likeness (QED) is 0.158. The number of hydrogen-bond acceptors (Lipinski definition) is 8. The number of esters is 1. The molecule has 14 heteroatoms. The van der Waals surface area contributed by atoms with E-state index >= 15 is 0 Å². The summed E-state index contributed by atoms with van der Waals surface area (Å²) in [7, 11) is -2.71. The van der Waals surface area contributed by atoms with E-state index < -0.39 is 27.7 Å². The smallest absolute Gasteiger partial charge is 0.323 e. The van der Waals surface area contributed by atoms with Crippen molar-refractivity contribution in [3.05, 3.63) is 65.2 Å². The molecule has 11 nitrogen and oxygen atoms in total. The summed E-state index contributed by atoms with van der Waals surface area (Å²) in [6, 6.07) is 11.5. The van der Waals surface area contributed by atoms with Crippen molar-refractivity contribution in [1.29, 1.82) is 5.41 Å². The van der Waals surface area contributed by atoms with Crippen LogP contribution in [0.2, 0.25) is 0 Å². The molecule has 0 aromatic heterocycles. The Balaban J connectivity index is 0.00000420. The van der Waals surface area contributed by atoms with E-state index in [1.54, 1.807) is 55.5 Å². The number of nitrogen functional groups attached to an aromatic ring is 1. The number of nitrogens with two attached hydrogens (primary N) is 1. The van der Waals surface area contributed by atoms with Crippen LogP contribution in [0.1, 0.15) is 41.3 Å². The number of ether oxygens (including phenoxy) is 2. The zero-order chi connectivity index (χ0) is 28.4. The largest absolute Gasteiger partial charge is 0.489 e. The predicted molar refractivity (Wildman–Crippen MR) is 165 cm³/mol. The van der Waals surface area contributed by atoms with Gasteiger partial charge in [0.05, 0.1) is 24.4 Å². The number of amidine groups is 1. The van der Waals surface area contributed by atoms with Crippen LogP contribution < -0.4 is 25.4 Å². The van der Waals surface area contributed by atoms with Gasteiger partial charge in [-0.3, -0.25) is 19.3 Å². The molecule has 0 radical (unpaired) electrons. The lowest BCUT2D eigenvalue weighted by Crippen LogP contribution is -2.37. The molecule has 1 amide bonds. The van der Waals surface area contributed by atoms with Crippen LogP contribution in [0.25, 0.3) is 6.08 Å². The van der Waals surface area contributed by atoms with Gasteiger partial charge in [0, 0.05) is 12.6 Å². The lowest BCUT2D eigenvalue weighted by molar-refractivity contribution is -0.139. The fourth-order valence-corrected chi connectivity index (χ4v) is 5.37. The van der Waals surface area contributed by atoms with Gasteiger partial charge >= 0.3 is 5.97 Å². The Labute approximate surface area is 253 Å². The van der Waals surface area contributed by atoms with Crippen molar-refractivity contribution < 1.29 is 27.5 Å². The third kappa shape index (κ3) is 10.2. The van der Waals surface area contributed by atoms with Gasteiger partial charge in [-0.1, -0.05) is 30.4 Å². The van der Waals surface area contributed by atoms with Crippen molar-refractivity contribution in [1.82, 2.24) is 10.6 Å². The van der Waals surface area contributed by atoms with E-state index in [0.29, 0.717) is 16.9 Å².